The first kappa shape index (κ1) is 17.4. The standard InChI is InChI=1S/C20H17N3.CH2O2/c1-14-7-8-16-18-13-21-10-9-17(18)20(23-19(16)11-14)22-12-15-5-3-2-4-6-15;2-1-3/h2-11,13H,12H2,1H3,(H,22,23);1H,(H,2,3). The normalized spacial score (nSPS) is 10.2. The Morgan fingerprint density at radius 1 is 1.04 bits per heavy atom. The average molecular weight is 345 g/mol. The number of nitrogens with zero attached hydrogens (tertiary/aromatic N) is 2. The van der Waals surface area contributed by atoms with E-state index in [1.165, 1.54) is 11.1 Å². The van der Waals surface area contributed by atoms with Crippen LogP contribution in [-0.2, 0) is 11.3 Å². The third kappa shape index (κ3) is 3.78. The van der Waals surface area contributed by atoms with E-state index in [4.69, 9.17) is 14.9 Å². The second-order valence-electron chi connectivity index (χ2n) is 5.85. The Kier molecular flexibility index (Phi) is 5.39. The van der Waals surface area contributed by atoms with Crippen LogP contribution in [0.5, 0.6) is 0 Å². The molecule has 0 aliphatic carbocycles. The van der Waals surface area contributed by atoms with E-state index in [2.05, 4.69) is 59.7 Å². The van der Waals surface area contributed by atoms with E-state index < -0.39 is 0 Å². The van der Waals surface area contributed by atoms with E-state index in [9.17, 15) is 0 Å². The number of rotatable bonds is 3. The van der Waals surface area contributed by atoms with Gasteiger partial charge in [-0.2, -0.15) is 0 Å². The molecule has 4 aromatic rings. The largest absolute Gasteiger partial charge is 0.483 e. The van der Waals surface area contributed by atoms with Crippen molar-refractivity contribution in [1.29, 1.82) is 0 Å². The van der Waals surface area contributed by atoms with Gasteiger partial charge in [-0.3, -0.25) is 9.78 Å². The molecule has 2 aromatic carbocycles. The smallest absolute Gasteiger partial charge is 0.290 e. The molecule has 0 atom stereocenters. The lowest BCUT2D eigenvalue weighted by molar-refractivity contribution is -0.122. The highest BCUT2D eigenvalue weighted by atomic mass is 16.3. The molecule has 130 valence electrons. The summed E-state index contributed by atoms with van der Waals surface area (Å²) >= 11 is 0. The highest BCUT2D eigenvalue weighted by molar-refractivity contribution is 6.09. The van der Waals surface area contributed by atoms with Crippen molar-refractivity contribution in [2.45, 2.75) is 13.5 Å². The SMILES string of the molecule is Cc1ccc2c(c1)nc(NCc1ccccc1)c1ccncc12.O=CO. The summed E-state index contributed by atoms with van der Waals surface area (Å²) in [5, 5.41) is 13.7. The lowest BCUT2D eigenvalue weighted by Crippen LogP contribution is -2.02. The van der Waals surface area contributed by atoms with Crippen molar-refractivity contribution in [3.8, 4) is 0 Å². The minimum Gasteiger partial charge on any atom is -0.483 e. The van der Waals surface area contributed by atoms with Gasteiger partial charge in [0.05, 0.1) is 5.52 Å². The predicted molar refractivity (Wildman–Crippen MR) is 104 cm³/mol. The molecule has 26 heavy (non-hydrogen) atoms. The molecular weight excluding hydrogens is 326 g/mol. The van der Waals surface area contributed by atoms with Crippen molar-refractivity contribution in [3.05, 3.63) is 78.1 Å². The van der Waals surface area contributed by atoms with Gasteiger partial charge in [-0.25, -0.2) is 4.98 Å². The van der Waals surface area contributed by atoms with Gasteiger partial charge in [0.25, 0.3) is 6.47 Å². The van der Waals surface area contributed by atoms with E-state index in [1.54, 1.807) is 0 Å². The van der Waals surface area contributed by atoms with Crippen LogP contribution in [0.2, 0.25) is 0 Å². The molecule has 0 aliphatic heterocycles. The highest BCUT2D eigenvalue weighted by Crippen LogP contribution is 2.29. The minimum atomic E-state index is -0.250. The number of nitrogens with one attached hydrogen (secondary N) is 1. The van der Waals surface area contributed by atoms with Crippen molar-refractivity contribution in [1.82, 2.24) is 9.97 Å². The van der Waals surface area contributed by atoms with Crippen molar-refractivity contribution in [2.75, 3.05) is 5.32 Å². The first-order valence-electron chi connectivity index (χ1n) is 8.22. The summed E-state index contributed by atoms with van der Waals surface area (Å²) in [4.78, 5) is 17.5. The Morgan fingerprint density at radius 3 is 2.58 bits per heavy atom. The summed E-state index contributed by atoms with van der Waals surface area (Å²) in [5.41, 5.74) is 3.45. The molecule has 0 radical (unpaired) electrons. The molecular formula is C21H19N3O2. The first-order valence-corrected chi connectivity index (χ1v) is 8.22. The van der Waals surface area contributed by atoms with Crippen molar-refractivity contribution >= 4 is 34.0 Å². The number of pyridine rings is 2. The maximum Gasteiger partial charge on any atom is 0.290 e. The van der Waals surface area contributed by atoms with E-state index in [0.29, 0.717) is 0 Å². The van der Waals surface area contributed by atoms with Gasteiger partial charge in [0.15, 0.2) is 0 Å². The number of fused-ring (bicyclic) bond motifs is 3. The molecule has 2 heterocycles. The lowest BCUT2D eigenvalue weighted by Gasteiger charge is -2.12. The van der Waals surface area contributed by atoms with Crippen molar-refractivity contribution < 1.29 is 9.90 Å². The summed E-state index contributed by atoms with van der Waals surface area (Å²) in [5.74, 6) is 0.907. The Balaban J connectivity index is 0.000000613. The number of hydrogen-bond acceptors (Lipinski definition) is 4. The maximum absolute atomic E-state index is 8.36. The van der Waals surface area contributed by atoms with Gasteiger partial charge >= 0.3 is 0 Å². The molecule has 5 heteroatoms. The van der Waals surface area contributed by atoms with Crippen LogP contribution in [0.3, 0.4) is 0 Å². The van der Waals surface area contributed by atoms with E-state index >= 15 is 0 Å². The molecule has 0 bridgehead atoms. The maximum atomic E-state index is 8.36. The Hall–Kier alpha value is -3.47. The molecule has 0 amide bonds. The van der Waals surface area contributed by atoms with Crippen LogP contribution in [0.1, 0.15) is 11.1 Å². The van der Waals surface area contributed by atoms with Crippen molar-refractivity contribution in [3.63, 3.8) is 0 Å². The second-order valence-corrected chi connectivity index (χ2v) is 5.85. The van der Waals surface area contributed by atoms with Crippen LogP contribution >= 0.6 is 0 Å². The summed E-state index contributed by atoms with van der Waals surface area (Å²) in [7, 11) is 0. The van der Waals surface area contributed by atoms with Crippen LogP contribution in [0.15, 0.2) is 67.0 Å². The molecule has 2 N–H and O–H groups in total. The second kappa shape index (κ2) is 8.07. The number of anilines is 1. The van der Waals surface area contributed by atoms with Crippen LogP contribution in [0.4, 0.5) is 5.82 Å². The number of hydrogen-bond donors (Lipinski definition) is 2. The molecule has 2 aromatic heterocycles. The fourth-order valence-corrected chi connectivity index (χ4v) is 2.87. The van der Waals surface area contributed by atoms with E-state index in [-0.39, 0.29) is 6.47 Å². The third-order valence-electron chi connectivity index (χ3n) is 4.05. The lowest BCUT2D eigenvalue weighted by atomic mass is 10.1. The number of carbonyl (C=O) groups is 1. The van der Waals surface area contributed by atoms with Gasteiger partial charge < -0.3 is 10.4 Å². The molecule has 0 aliphatic rings. The third-order valence-corrected chi connectivity index (χ3v) is 4.05. The summed E-state index contributed by atoms with van der Waals surface area (Å²) in [6, 6.07) is 18.7. The minimum absolute atomic E-state index is 0.250. The van der Waals surface area contributed by atoms with Crippen molar-refractivity contribution in [2.24, 2.45) is 0 Å². The van der Waals surface area contributed by atoms with Crippen LogP contribution in [0.25, 0.3) is 21.7 Å². The summed E-state index contributed by atoms with van der Waals surface area (Å²) in [6.07, 6.45) is 3.74. The quantitative estimate of drug-likeness (QED) is 0.425. The molecule has 0 saturated carbocycles. The van der Waals surface area contributed by atoms with Gasteiger partial charge in [0.1, 0.15) is 5.82 Å². The number of benzene rings is 2. The van der Waals surface area contributed by atoms with Crippen LogP contribution < -0.4 is 5.32 Å². The van der Waals surface area contributed by atoms with Gasteiger partial charge in [-0.1, -0.05) is 42.5 Å². The number of carboxylic acid groups (broad SMARTS) is 1. The summed E-state index contributed by atoms with van der Waals surface area (Å²) in [6.45, 7) is 2.59. The average Bonchev–Trinajstić information content (AvgIpc) is 2.67. The fraction of sp³-hybridized carbons (Fsp3) is 0.0952. The van der Waals surface area contributed by atoms with Crippen LogP contribution in [-0.4, -0.2) is 21.5 Å². The summed E-state index contributed by atoms with van der Waals surface area (Å²) < 4.78 is 0. The number of aromatic nitrogens is 2. The topological polar surface area (TPSA) is 75.1 Å². The molecule has 0 spiro atoms. The molecule has 5 nitrogen and oxygen atoms in total. The van der Waals surface area contributed by atoms with Gasteiger partial charge in [-0.15, -0.1) is 0 Å². The van der Waals surface area contributed by atoms with Crippen LogP contribution in [0, 0.1) is 6.92 Å². The van der Waals surface area contributed by atoms with E-state index in [1.807, 2.05) is 24.5 Å². The molecule has 0 saturated heterocycles. The zero-order valence-electron chi connectivity index (χ0n) is 14.4. The molecule has 4 rings (SSSR count). The first-order chi connectivity index (χ1) is 12.7. The monoisotopic (exact) mass is 345 g/mol. The van der Waals surface area contributed by atoms with Gasteiger partial charge in [0, 0.05) is 35.1 Å². The number of aryl methyl sites for hydroxylation is 1. The fourth-order valence-electron chi connectivity index (χ4n) is 2.87. The Morgan fingerprint density at radius 2 is 1.81 bits per heavy atom. The molecule has 0 fully saturated rings. The highest BCUT2D eigenvalue weighted by Gasteiger charge is 2.08. The molecule has 0 unspecified atom stereocenters. The Bertz CT molecular complexity index is 1030. The zero-order valence-corrected chi connectivity index (χ0v) is 14.4. The Labute approximate surface area is 151 Å². The van der Waals surface area contributed by atoms with Gasteiger partial charge in [-0.05, 0) is 30.2 Å². The van der Waals surface area contributed by atoms with Gasteiger partial charge in [0.2, 0.25) is 0 Å². The zero-order chi connectivity index (χ0) is 18.4. The predicted octanol–water partition coefficient (Wildman–Crippen LogP) is 4.40. The van der Waals surface area contributed by atoms with E-state index in [0.717, 1.165) is 34.0 Å².